The standard InChI is InChI=1S/C29H29N5O3S2/c1-36-23-9-10-25-26(27(23)37-2)32-29(39-25)34-15-13-33(14-16-34)12-11-30-28(35)20-18-22(24-8-5-17-38-24)31-21-7-4-3-6-19(20)21/h3-10,17-18H,11-16H2,1-2H3,(H,30,35). The number of piperazine rings is 1. The highest BCUT2D eigenvalue weighted by atomic mass is 32.1. The molecule has 4 heterocycles. The zero-order valence-electron chi connectivity index (χ0n) is 21.8. The third kappa shape index (κ3) is 5.15. The van der Waals surface area contributed by atoms with E-state index in [0.717, 1.165) is 69.5 Å². The van der Waals surface area contributed by atoms with E-state index in [9.17, 15) is 4.79 Å². The predicted molar refractivity (Wildman–Crippen MR) is 159 cm³/mol. The van der Waals surface area contributed by atoms with Crippen molar-refractivity contribution in [3.8, 4) is 22.1 Å². The van der Waals surface area contributed by atoms with Gasteiger partial charge in [0.05, 0.1) is 40.6 Å². The third-order valence-corrected chi connectivity index (χ3v) is 8.96. The molecule has 1 N–H and O–H groups in total. The molecule has 1 aliphatic heterocycles. The molecular weight excluding hydrogens is 530 g/mol. The zero-order valence-corrected chi connectivity index (χ0v) is 23.5. The van der Waals surface area contributed by atoms with Gasteiger partial charge in [-0.3, -0.25) is 9.69 Å². The summed E-state index contributed by atoms with van der Waals surface area (Å²) in [4.78, 5) is 28.7. The van der Waals surface area contributed by atoms with Crippen LogP contribution in [0.2, 0.25) is 0 Å². The number of hydrogen-bond acceptors (Lipinski definition) is 9. The number of rotatable bonds is 8. The number of methoxy groups -OCH3 is 2. The molecule has 1 fully saturated rings. The lowest BCUT2D eigenvalue weighted by molar-refractivity contribution is 0.0949. The number of fused-ring (bicyclic) bond motifs is 2. The van der Waals surface area contributed by atoms with Gasteiger partial charge in [0, 0.05) is 44.7 Å². The summed E-state index contributed by atoms with van der Waals surface area (Å²) in [6, 6.07) is 17.7. The number of nitrogens with one attached hydrogen (secondary N) is 1. The molecule has 0 bridgehead atoms. The first-order valence-electron chi connectivity index (χ1n) is 12.9. The van der Waals surface area contributed by atoms with Crippen LogP contribution in [0.1, 0.15) is 10.4 Å². The Morgan fingerprint density at radius 1 is 1.00 bits per heavy atom. The summed E-state index contributed by atoms with van der Waals surface area (Å²) < 4.78 is 12.1. The van der Waals surface area contributed by atoms with Gasteiger partial charge in [-0.1, -0.05) is 35.6 Å². The highest BCUT2D eigenvalue weighted by molar-refractivity contribution is 7.22. The van der Waals surface area contributed by atoms with Crippen molar-refractivity contribution in [3.05, 3.63) is 65.5 Å². The second-order valence-corrected chi connectivity index (χ2v) is 11.2. The van der Waals surface area contributed by atoms with Gasteiger partial charge in [0.25, 0.3) is 5.91 Å². The van der Waals surface area contributed by atoms with Crippen molar-refractivity contribution in [1.82, 2.24) is 20.2 Å². The number of para-hydroxylation sites is 1. The molecule has 0 aliphatic carbocycles. The number of thiophene rings is 1. The number of amides is 1. The maximum absolute atomic E-state index is 13.3. The van der Waals surface area contributed by atoms with Crippen LogP contribution in [-0.2, 0) is 0 Å². The number of nitrogens with zero attached hydrogens (tertiary/aromatic N) is 4. The number of aromatic nitrogens is 2. The summed E-state index contributed by atoms with van der Waals surface area (Å²) in [7, 11) is 3.29. The van der Waals surface area contributed by atoms with E-state index in [0.29, 0.717) is 23.6 Å². The Labute approximate surface area is 234 Å². The number of benzene rings is 2. The van der Waals surface area contributed by atoms with Gasteiger partial charge >= 0.3 is 0 Å². The molecular formula is C29H29N5O3S2. The van der Waals surface area contributed by atoms with Crippen LogP contribution >= 0.6 is 22.7 Å². The number of carbonyl (C=O) groups excluding carboxylic acids is 1. The average Bonchev–Trinajstić information content (AvgIpc) is 3.67. The highest BCUT2D eigenvalue weighted by Gasteiger charge is 2.22. The monoisotopic (exact) mass is 559 g/mol. The lowest BCUT2D eigenvalue weighted by Crippen LogP contribution is -2.48. The van der Waals surface area contributed by atoms with Crippen LogP contribution in [0.5, 0.6) is 11.5 Å². The van der Waals surface area contributed by atoms with E-state index >= 15 is 0 Å². The average molecular weight is 560 g/mol. The quantitative estimate of drug-likeness (QED) is 0.282. The highest BCUT2D eigenvalue weighted by Crippen LogP contribution is 2.40. The van der Waals surface area contributed by atoms with E-state index < -0.39 is 0 Å². The summed E-state index contributed by atoms with van der Waals surface area (Å²) in [5.74, 6) is 1.30. The first-order chi connectivity index (χ1) is 19.1. The van der Waals surface area contributed by atoms with E-state index in [-0.39, 0.29) is 5.91 Å². The Bertz CT molecular complexity index is 1610. The summed E-state index contributed by atoms with van der Waals surface area (Å²) in [6.45, 7) is 4.96. The lowest BCUT2D eigenvalue weighted by Gasteiger charge is -2.34. The van der Waals surface area contributed by atoms with Gasteiger partial charge in [-0.05, 0) is 35.7 Å². The van der Waals surface area contributed by atoms with Crippen LogP contribution in [0.3, 0.4) is 0 Å². The maximum Gasteiger partial charge on any atom is 0.252 e. The summed E-state index contributed by atoms with van der Waals surface area (Å²) in [5.41, 5.74) is 3.16. The zero-order chi connectivity index (χ0) is 26.8. The second kappa shape index (κ2) is 11.2. The molecule has 0 radical (unpaired) electrons. The van der Waals surface area contributed by atoms with Gasteiger partial charge in [0.1, 0.15) is 5.52 Å². The Kier molecular flexibility index (Phi) is 7.32. The molecule has 8 nitrogen and oxygen atoms in total. The minimum atomic E-state index is -0.0658. The second-order valence-electron chi connectivity index (χ2n) is 9.28. The molecule has 200 valence electrons. The summed E-state index contributed by atoms with van der Waals surface area (Å²) in [6.07, 6.45) is 0. The van der Waals surface area contributed by atoms with Crippen molar-refractivity contribution in [2.75, 3.05) is 58.4 Å². The Balaban J connectivity index is 1.07. The van der Waals surface area contributed by atoms with Gasteiger partial charge < -0.3 is 19.7 Å². The Morgan fingerprint density at radius 3 is 2.62 bits per heavy atom. The Hall–Kier alpha value is -3.73. The van der Waals surface area contributed by atoms with E-state index in [4.69, 9.17) is 19.4 Å². The molecule has 1 amide bonds. The number of hydrogen-bond donors (Lipinski definition) is 1. The number of pyridine rings is 1. The van der Waals surface area contributed by atoms with Crippen LogP contribution in [0, 0.1) is 0 Å². The van der Waals surface area contributed by atoms with Gasteiger partial charge in [-0.15, -0.1) is 11.3 Å². The van der Waals surface area contributed by atoms with Crippen LogP contribution in [0.4, 0.5) is 5.13 Å². The van der Waals surface area contributed by atoms with Crippen molar-refractivity contribution >= 4 is 54.8 Å². The van der Waals surface area contributed by atoms with Crippen molar-refractivity contribution in [1.29, 1.82) is 0 Å². The minimum absolute atomic E-state index is 0.0658. The molecule has 5 aromatic rings. The minimum Gasteiger partial charge on any atom is -0.493 e. The largest absolute Gasteiger partial charge is 0.493 e. The topological polar surface area (TPSA) is 79.8 Å². The van der Waals surface area contributed by atoms with E-state index in [1.165, 1.54) is 0 Å². The third-order valence-electron chi connectivity index (χ3n) is 6.98. The fourth-order valence-electron chi connectivity index (χ4n) is 4.93. The molecule has 3 aromatic heterocycles. The first-order valence-corrected chi connectivity index (χ1v) is 14.5. The maximum atomic E-state index is 13.3. The van der Waals surface area contributed by atoms with Crippen LogP contribution in [0.15, 0.2) is 60.0 Å². The molecule has 0 atom stereocenters. The van der Waals surface area contributed by atoms with Gasteiger partial charge in [-0.2, -0.15) is 0 Å². The molecule has 6 rings (SSSR count). The van der Waals surface area contributed by atoms with E-state index in [1.807, 2.05) is 60.0 Å². The molecule has 10 heteroatoms. The number of thiazole rings is 1. The van der Waals surface area contributed by atoms with Crippen LogP contribution < -0.4 is 19.7 Å². The first kappa shape index (κ1) is 25.5. The summed E-state index contributed by atoms with van der Waals surface area (Å²) in [5, 5.41) is 7.03. The van der Waals surface area contributed by atoms with Gasteiger partial charge in [-0.25, -0.2) is 9.97 Å². The lowest BCUT2D eigenvalue weighted by atomic mass is 10.1. The predicted octanol–water partition coefficient (Wildman–Crippen LogP) is 5.14. The van der Waals surface area contributed by atoms with Crippen molar-refractivity contribution < 1.29 is 14.3 Å². The van der Waals surface area contributed by atoms with E-state index in [1.54, 1.807) is 36.9 Å². The summed E-state index contributed by atoms with van der Waals surface area (Å²) >= 11 is 3.30. The van der Waals surface area contributed by atoms with Crippen LogP contribution in [0.25, 0.3) is 31.7 Å². The van der Waals surface area contributed by atoms with Gasteiger partial charge in [0.15, 0.2) is 16.6 Å². The molecule has 39 heavy (non-hydrogen) atoms. The van der Waals surface area contributed by atoms with Crippen molar-refractivity contribution in [3.63, 3.8) is 0 Å². The molecule has 0 spiro atoms. The molecule has 0 saturated carbocycles. The molecule has 2 aromatic carbocycles. The smallest absolute Gasteiger partial charge is 0.252 e. The molecule has 1 saturated heterocycles. The number of carbonyl (C=O) groups is 1. The molecule has 1 aliphatic rings. The van der Waals surface area contributed by atoms with Crippen molar-refractivity contribution in [2.24, 2.45) is 0 Å². The Morgan fingerprint density at radius 2 is 1.85 bits per heavy atom. The van der Waals surface area contributed by atoms with E-state index in [2.05, 4.69) is 15.1 Å². The van der Waals surface area contributed by atoms with Crippen molar-refractivity contribution in [2.45, 2.75) is 0 Å². The SMILES string of the molecule is COc1ccc2sc(N3CCN(CCNC(=O)c4cc(-c5cccs5)nc5ccccc45)CC3)nc2c1OC. The fraction of sp³-hybridized carbons (Fsp3) is 0.276. The van der Waals surface area contributed by atoms with Crippen LogP contribution in [-0.4, -0.2) is 74.3 Å². The molecule has 0 unspecified atom stereocenters. The number of ether oxygens (including phenoxy) is 2. The number of anilines is 1. The fourth-order valence-corrected chi connectivity index (χ4v) is 6.63. The normalized spacial score (nSPS) is 14.2. The van der Waals surface area contributed by atoms with Gasteiger partial charge in [0.2, 0.25) is 0 Å².